The Labute approximate surface area is 168 Å². The van der Waals surface area contributed by atoms with E-state index in [4.69, 9.17) is 4.42 Å². The minimum atomic E-state index is -0.00753. The fraction of sp³-hybridized carbons (Fsp3) is 0.789. The summed E-state index contributed by atoms with van der Waals surface area (Å²) in [5.41, 5.74) is -0.00753. The molecule has 5 nitrogen and oxygen atoms in total. The lowest BCUT2D eigenvalue weighted by atomic mass is 9.85. The van der Waals surface area contributed by atoms with Gasteiger partial charge in [-0.05, 0) is 18.3 Å². The van der Waals surface area contributed by atoms with E-state index >= 15 is 0 Å². The van der Waals surface area contributed by atoms with Gasteiger partial charge in [-0.25, -0.2) is 4.98 Å². The van der Waals surface area contributed by atoms with Crippen LogP contribution in [-0.2, 0) is 12.0 Å². The molecule has 142 valence electrons. The Kier molecular flexibility index (Phi) is 7.17. The predicted molar refractivity (Wildman–Crippen MR) is 112 cm³/mol. The van der Waals surface area contributed by atoms with Gasteiger partial charge < -0.3 is 15.1 Å². The molecule has 0 aliphatic heterocycles. The van der Waals surface area contributed by atoms with Crippen LogP contribution in [-0.4, -0.2) is 24.0 Å². The van der Waals surface area contributed by atoms with Crippen molar-refractivity contribution >= 4 is 29.9 Å². The van der Waals surface area contributed by atoms with E-state index in [0.717, 1.165) is 23.6 Å². The minimum absolute atomic E-state index is 0. The zero-order chi connectivity index (χ0) is 17.2. The Morgan fingerprint density at radius 1 is 1.28 bits per heavy atom. The van der Waals surface area contributed by atoms with Crippen LogP contribution in [0.2, 0.25) is 0 Å². The van der Waals surface area contributed by atoms with Gasteiger partial charge >= 0.3 is 0 Å². The topological polar surface area (TPSA) is 62.5 Å². The van der Waals surface area contributed by atoms with Crippen LogP contribution in [0.3, 0.4) is 0 Å². The Morgan fingerprint density at radius 2 is 2.00 bits per heavy atom. The second kappa shape index (κ2) is 8.73. The maximum Gasteiger partial charge on any atom is 0.213 e. The molecule has 2 saturated carbocycles. The average molecular weight is 460 g/mol. The van der Waals surface area contributed by atoms with E-state index in [1.54, 1.807) is 0 Å². The highest BCUT2D eigenvalue weighted by Gasteiger charge is 2.43. The van der Waals surface area contributed by atoms with Gasteiger partial charge in [-0.2, -0.15) is 0 Å². The molecule has 2 atom stereocenters. The summed E-state index contributed by atoms with van der Waals surface area (Å²) < 4.78 is 5.82. The summed E-state index contributed by atoms with van der Waals surface area (Å²) in [6, 6.07) is 0.592. The lowest BCUT2D eigenvalue weighted by Gasteiger charge is -2.22. The molecule has 1 aromatic heterocycles. The first-order valence-electron chi connectivity index (χ1n) is 9.39. The van der Waals surface area contributed by atoms with Gasteiger partial charge in [-0.1, -0.05) is 52.9 Å². The third kappa shape index (κ3) is 5.59. The van der Waals surface area contributed by atoms with Gasteiger partial charge in [0.2, 0.25) is 5.89 Å². The molecule has 0 spiro atoms. The normalized spacial score (nSPS) is 24.6. The number of nitrogens with one attached hydrogen (secondary N) is 2. The van der Waals surface area contributed by atoms with Gasteiger partial charge in [0.1, 0.15) is 5.76 Å². The van der Waals surface area contributed by atoms with Crippen molar-refractivity contribution in [1.29, 1.82) is 0 Å². The van der Waals surface area contributed by atoms with Gasteiger partial charge in [0.25, 0.3) is 0 Å². The van der Waals surface area contributed by atoms with Crippen molar-refractivity contribution in [3.8, 4) is 0 Å². The summed E-state index contributed by atoms with van der Waals surface area (Å²) >= 11 is 0. The van der Waals surface area contributed by atoms with Crippen molar-refractivity contribution in [1.82, 2.24) is 15.6 Å². The van der Waals surface area contributed by atoms with E-state index in [1.165, 1.54) is 38.5 Å². The number of hydrogen-bond acceptors (Lipinski definition) is 3. The lowest BCUT2D eigenvalue weighted by molar-refractivity contribution is 0.315. The van der Waals surface area contributed by atoms with Crippen molar-refractivity contribution in [2.24, 2.45) is 16.8 Å². The fourth-order valence-electron chi connectivity index (χ4n) is 3.73. The van der Waals surface area contributed by atoms with Crippen molar-refractivity contribution in [2.75, 3.05) is 7.05 Å². The second-order valence-electron chi connectivity index (χ2n) is 8.34. The third-order valence-electron chi connectivity index (χ3n) is 5.34. The summed E-state index contributed by atoms with van der Waals surface area (Å²) in [6.45, 7) is 6.95. The van der Waals surface area contributed by atoms with Gasteiger partial charge in [-0.3, -0.25) is 4.99 Å². The molecule has 2 fully saturated rings. The summed E-state index contributed by atoms with van der Waals surface area (Å²) in [7, 11) is 1.82. The first kappa shape index (κ1) is 20.5. The smallest absolute Gasteiger partial charge is 0.213 e. The van der Waals surface area contributed by atoms with Crippen LogP contribution in [0.25, 0.3) is 0 Å². The van der Waals surface area contributed by atoms with Gasteiger partial charge in [-0.15, -0.1) is 24.0 Å². The van der Waals surface area contributed by atoms with Crippen LogP contribution in [0.15, 0.2) is 15.6 Å². The second-order valence-corrected chi connectivity index (χ2v) is 8.34. The third-order valence-corrected chi connectivity index (χ3v) is 5.34. The first-order valence-corrected chi connectivity index (χ1v) is 9.39. The first-order chi connectivity index (χ1) is 11.5. The summed E-state index contributed by atoms with van der Waals surface area (Å²) in [5, 5.41) is 6.89. The van der Waals surface area contributed by atoms with E-state index in [2.05, 4.69) is 41.4 Å². The number of hydrogen-bond donors (Lipinski definition) is 2. The lowest BCUT2D eigenvalue weighted by Crippen LogP contribution is -2.39. The van der Waals surface area contributed by atoms with Crippen molar-refractivity contribution in [2.45, 2.75) is 77.3 Å². The highest BCUT2D eigenvalue weighted by molar-refractivity contribution is 14.0. The van der Waals surface area contributed by atoms with Gasteiger partial charge in [0.15, 0.2) is 5.96 Å². The molecule has 6 heteroatoms. The predicted octanol–water partition coefficient (Wildman–Crippen LogP) is 4.22. The minimum Gasteiger partial charge on any atom is -0.443 e. The van der Waals surface area contributed by atoms with E-state index in [9.17, 15) is 0 Å². The quantitative estimate of drug-likeness (QED) is 0.401. The average Bonchev–Trinajstić information content (AvgIpc) is 3.15. The Morgan fingerprint density at radius 3 is 2.60 bits per heavy atom. The van der Waals surface area contributed by atoms with Crippen molar-refractivity contribution < 1.29 is 4.42 Å². The molecule has 0 saturated heterocycles. The van der Waals surface area contributed by atoms with Crippen LogP contribution in [0, 0.1) is 11.8 Å². The molecule has 2 aliphatic carbocycles. The number of nitrogens with zero attached hydrogens (tertiary/aromatic N) is 2. The zero-order valence-corrected chi connectivity index (χ0v) is 18.3. The van der Waals surface area contributed by atoms with Gasteiger partial charge in [0.05, 0.1) is 12.7 Å². The number of rotatable bonds is 4. The number of halogens is 1. The van der Waals surface area contributed by atoms with E-state index in [1.807, 2.05) is 13.2 Å². The van der Waals surface area contributed by atoms with Crippen LogP contribution in [0.4, 0.5) is 0 Å². The zero-order valence-electron chi connectivity index (χ0n) is 16.0. The molecule has 0 amide bonds. The largest absolute Gasteiger partial charge is 0.443 e. The van der Waals surface area contributed by atoms with Crippen molar-refractivity contribution in [3.05, 3.63) is 17.8 Å². The number of oxazole rings is 1. The van der Waals surface area contributed by atoms with Gasteiger partial charge in [0, 0.05) is 18.5 Å². The van der Waals surface area contributed by atoms with Crippen molar-refractivity contribution in [3.63, 3.8) is 0 Å². The summed E-state index contributed by atoms with van der Waals surface area (Å²) in [6.07, 6.45) is 10.2. The Balaban J connectivity index is 0.00000225. The maximum absolute atomic E-state index is 5.82. The van der Waals surface area contributed by atoms with Crippen LogP contribution in [0.1, 0.15) is 70.9 Å². The standard InChI is InChI=1S/C19H32N4O.HI/c1-19(2,3)16-11-21-17(24-16)12-22-18(20-4)23-15-10-14(15)13-8-6-5-7-9-13;/h11,13-15H,5-10,12H2,1-4H3,(H2,20,22,23);1H. The number of guanidine groups is 1. The molecule has 0 bridgehead atoms. The Bertz CT molecular complexity index is 572. The van der Waals surface area contributed by atoms with Crippen LogP contribution in [0.5, 0.6) is 0 Å². The molecule has 25 heavy (non-hydrogen) atoms. The summed E-state index contributed by atoms with van der Waals surface area (Å²) in [4.78, 5) is 8.70. The molecule has 0 aromatic carbocycles. The molecule has 2 aliphatic rings. The van der Waals surface area contributed by atoms with E-state index < -0.39 is 0 Å². The highest BCUT2D eigenvalue weighted by Crippen LogP contribution is 2.44. The highest BCUT2D eigenvalue weighted by atomic mass is 127. The molecule has 1 aromatic rings. The molecule has 0 radical (unpaired) electrons. The number of aromatic nitrogens is 1. The summed E-state index contributed by atoms with van der Waals surface area (Å²) in [5.74, 6) is 4.26. The number of aliphatic imine (C=N–C) groups is 1. The Hall–Kier alpha value is -0.790. The SMILES string of the molecule is CN=C(NCc1ncc(C(C)(C)C)o1)NC1CC1C1CCCCC1.I. The molecule has 3 rings (SSSR count). The van der Waals surface area contributed by atoms with Crippen LogP contribution < -0.4 is 10.6 Å². The monoisotopic (exact) mass is 460 g/mol. The maximum atomic E-state index is 5.82. The fourth-order valence-corrected chi connectivity index (χ4v) is 3.73. The molecular formula is C19H33IN4O. The van der Waals surface area contributed by atoms with Crippen LogP contribution >= 0.6 is 24.0 Å². The van der Waals surface area contributed by atoms with E-state index in [0.29, 0.717) is 18.5 Å². The molecule has 2 N–H and O–H groups in total. The molecule has 2 unspecified atom stereocenters. The molecular weight excluding hydrogens is 427 g/mol. The molecule has 1 heterocycles. The van der Waals surface area contributed by atoms with E-state index in [-0.39, 0.29) is 29.4 Å².